The van der Waals surface area contributed by atoms with Crippen LogP contribution < -0.4 is 16.4 Å². The first-order chi connectivity index (χ1) is 6.95. The largest absolute Gasteiger partial charge is 0.390 e. The fourth-order valence-electron chi connectivity index (χ4n) is 1.02. The Morgan fingerprint density at radius 2 is 2.20 bits per heavy atom. The summed E-state index contributed by atoms with van der Waals surface area (Å²) in [5.74, 6) is -0.0671. The number of hydrogen-bond acceptors (Lipinski definition) is 6. The number of carbonyl (C=O) groups is 1. The molecule has 1 aromatic rings. The Kier molecular flexibility index (Phi) is 3.13. The molecule has 0 atom stereocenters. The number of aromatic nitrogens is 2. The first kappa shape index (κ1) is 11.3. The van der Waals surface area contributed by atoms with Crippen LogP contribution in [0.5, 0.6) is 0 Å². The fourth-order valence-corrected chi connectivity index (χ4v) is 1.02. The molecule has 0 saturated carbocycles. The molecule has 1 amide bonds. The highest BCUT2D eigenvalue weighted by Gasteiger charge is 2.26. The van der Waals surface area contributed by atoms with Gasteiger partial charge in [0.1, 0.15) is 0 Å². The van der Waals surface area contributed by atoms with Crippen LogP contribution in [0.1, 0.15) is 13.8 Å². The van der Waals surface area contributed by atoms with Crippen molar-refractivity contribution in [2.45, 2.75) is 13.8 Å². The lowest BCUT2D eigenvalue weighted by molar-refractivity contribution is -0.128. The highest BCUT2D eigenvalue weighted by molar-refractivity contribution is 5.82. The van der Waals surface area contributed by atoms with Gasteiger partial charge >= 0.3 is 12.0 Å². The van der Waals surface area contributed by atoms with Gasteiger partial charge in [-0.15, -0.1) is 0 Å². The van der Waals surface area contributed by atoms with Crippen molar-refractivity contribution in [3.63, 3.8) is 0 Å². The van der Waals surface area contributed by atoms with Gasteiger partial charge in [0.15, 0.2) is 0 Å². The second-order valence-electron chi connectivity index (χ2n) is 3.76. The molecule has 0 aliphatic carbocycles. The van der Waals surface area contributed by atoms with Crippen molar-refractivity contribution in [3.8, 4) is 0 Å². The maximum Gasteiger partial charge on any atom is 0.316 e. The zero-order valence-corrected chi connectivity index (χ0v) is 9.00. The first-order valence-corrected chi connectivity index (χ1v) is 4.51. The third-order valence-corrected chi connectivity index (χ3v) is 1.96. The number of nitrogen functional groups attached to an aromatic ring is 1. The van der Waals surface area contributed by atoms with Gasteiger partial charge in [-0.25, -0.2) is 0 Å². The van der Waals surface area contributed by atoms with Crippen molar-refractivity contribution in [1.82, 2.24) is 15.5 Å². The second-order valence-corrected chi connectivity index (χ2v) is 3.76. The number of anilines is 2. The molecule has 0 fully saturated rings. The highest BCUT2D eigenvalue weighted by Crippen LogP contribution is 2.16. The third kappa shape index (κ3) is 2.83. The molecule has 1 rings (SSSR count). The summed E-state index contributed by atoms with van der Waals surface area (Å²) in [4.78, 5) is 11.4. The van der Waals surface area contributed by atoms with E-state index in [0.717, 1.165) is 0 Å². The number of hydrogen-bond donors (Lipinski definition) is 3. The summed E-state index contributed by atoms with van der Waals surface area (Å²) in [7, 11) is 1.59. The van der Waals surface area contributed by atoms with E-state index in [2.05, 4.69) is 20.8 Å². The van der Waals surface area contributed by atoms with E-state index >= 15 is 0 Å². The molecule has 0 bridgehead atoms. The van der Waals surface area contributed by atoms with Gasteiger partial charge in [-0.2, -0.15) is 0 Å². The minimum Gasteiger partial charge on any atom is -0.390 e. The summed E-state index contributed by atoms with van der Waals surface area (Å²) < 4.78 is 4.91. The molecule has 0 aliphatic heterocycles. The van der Waals surface area contributed by atoms with Crippen molar-refractivity contribution >= 4 is 17.9 Å². The molecular formula is C8H15N5O2. The zero-order chi connectivity index (χ0) is 11.5. The Balaban J connectivity index is 2.53. The maximum atomic E-state index is 11.4. The lowest BCUT2D eigenvalue weighted by Gasteiger charge is -2.21. The van der Waals surface area contributed by atoms with Gasteiger partial charge in [0.25, 0.3) is 0 Å². The SMILES string of the molecule is CNC(=O)C(C)(C)CNc1nnc(N)o1. The summed E-state index contributed by atoms with van der Waals surface area (Å²) in [6.07, 6.45) is 0. The summed E-state index contributed by atoms with van der Waals surface area (Å²) in [5.41, 5.74) is 4.69. The van der Waals surface area contributed by atoms with Crippen LogP contribution >= 0.6 is 0 Å². The van der Waals surface area contributed by atoms with Crippen LogP contribution in [-0.2, 0) is 4.79 Å². The Labute approximate surface area is 87.4 Å². The molecule has 0 aliphatic rings. The van der Waals surface area contributed by atoms with E-state index in [-0.39, 0.29) is 17.9 Å². The van der Waals surface area contributed by atoms with Crippen LogP contribution in [0.2, 0.25) is 0 Å². The maximum absolute atomic E-state index is 11.4. The van der Waals surface area contributed by atoms with Gasteiger partial charge in [0, 0.05) is 13.6 Å². The van der Waals surface area contributed by atoms with Crippen LogP contribution in [0.4, 0.5) is 12.0 Å². The molecule has 0 unspecified atom stereocenters. The third-order valence-electron chi connectivity index (χ3n) is 1.96. The number of nitrogens with one attached hydrogen (secondary N) is 2. The zero-order valence-electron chi connectivity index (χ0n) is 9.00. The van der Waals surface area contributed by atoms with E-state index < -0.39 is 5.41 Å². The summed E-state index contributed by atoms with van der Waals surface area (Å²) in [6.45, 7) is 3.99. The molecule has 7 heteroatoms. The minimum atomic E-state index is -0.558. The fraction of sp³-hybridized carbons (Fsp3) is 0.625. The van der Waals surface area contributed by atoms with Gasteiger partial charge in [-0.05, 0) is 13.8 Å². The average Bonchev–Trinajstić information content (AvgIpc) is 2.60. The van der Waals surface area contributed by atoms with Crippen molar-refractivity contribution in [3.05, 3.63) is 0 Å². The molecule has 0 saturated heterocycles. The van der Waals surface area contributed by atoms with Crippen LogP contribution in [0, 0.1) is 5.41 Å². The topological polar surface area (TPSA) is 106 Å². The smallest absolute Gasteiger partial charge is 0.316 e. The second kappa shape index (κ2) is 4.16. The van der Waals surface area contributed by atoms with Gasteiger partial charge in [-0.1, -0.05) is 10.2 Å². The molecule has 4 N–H and O–H groups in total. The molecule has 0 spiro atoms. The van der Waals surface area contributed by atoms with Gasteiger partial charge in [-0.3, -0.25) is 4.79 Å². The molecule has 15 heavy (non-hydrogen) atoms. The molecule has 1 aromatic heterocycles. The van der Waals surface area contributed by atoms with Crippen LogP contribution in [0.25, 0.3) is 0 Å². The Bertz CT molecular complexity index is 347. The average molecular weight is 213 g/mol. The number of carbonyl (C=O) groups excluding carboxylic acids is 1. The standard InChI is InChI=1S/C8H15N5O2/c1-8(2,5(14)10-3)4-11-7-13-12-6(9)15-7/h4H2,1-3H3,(H2,9,12)(H,10,14)(H,11,13). The van der Waals surface area contributed by atoms with Gasteiger partial charge < -0.3 is 20.8 Å². The minimum absolute atomic E-state index is 0.00440. The Hall–Kier alpha value is -1.79. The van der Waals surface area contributed by atoms with E-state index in [0.29, 0.717) is 6.54 Å². The molecule has 0 radical (unpaired) electrons. The van der Waals surface area contributed by atoms with Gasteiger partial charge in [0.05, 0.1) is 5.41 Å². The first-order valence-electron chi connectivity index (χ1n) is 4.51. The van der Waals surface area contributed by atoms with E-state index in [4.69, 9.17) is 10.2 Å². The number of rotatable bonds is 4. The number of amides is 1. The predicted octanol–water partition coefficient (Wildman–Crippen LogP) is -0.164. The van der Waals surface area contributed by atoms with Crippen LogP contribution in [0.15, 0.2) is 4.42 Å². The number of nitrogens with zero attached hydrogens (tertiary/aromatic N) is 2. The summed E-state index contributed by atoms with van der Waals surface area (Å²) in [5, 5.41) is 12.5. The van der Waals surface area contributed by atoms with E-state index in [1.54, 1.807) is 20.9 Å². The van der Waals surface area contributed by atoms with Crippen molar-refractivity contribution < 1.29 is 9.21 Å². The molecular weight excluding hydrogens is 198 g/mol. The Morgan fingerprint density at radius 3 is 2.67 bits per heavy atom. The quantitative estimate of drug-likeness (QED) is 0.641. The molecule has 7 nitrogen and oxygen atoms in total. The predicted molar refractivity (Wildman–Crippen MR) is 55.0 cm³/mol. The lowest BCUT2D eigenvalue weighted by Crippen LogP contribution is -2.39. The highest BCUT2D eigenvalue weighted by atomic mass is 16.4. The van der Waals surface area contributed by atoms with Crippen molar-refractivity contribution in [2.24, 2.45) is 5.41 Å². The summed E-state index contributed by atoms with van der Waals surface area (Å²) >= 11 is 0. The van der Waals surface area contributed by atoms with E-state index in [9.17, 15) is 4.79 Å². The number of nitrogens with two attached hydrogens (primary N) is 1. The summed E-state index contributed by atoms with van der Waals surface area (Å²) in [6, 6.07) is 0.208. The normalized spacial score (nSPS) is 11.1. The van der Waals surface area contributed by atoms with E-state index in [1.807, 2.05) is 0 Å². The molecule has 0 aromatic carbocycles. The van der Waals surface area contributed by atoms with E-state index in [1.165, 1.54) is 0 Å². The molecule has 1 heterocycles. The van der Waals surface area contributed by atoms with Crippen LogP contribution in [-0.4, -0.2) is 29.7 Å². The van der Waals surface area contributed by atoms with Crippen molar-refractivity contribution in [2.75, 3.05) is 24.6 Å². The molecule has 84 valence electrons. The lowest BCUT2D eigenvalue weighted by atomic mass is 9.92. The van der Waals surface area contributed by atoms with Crippen LogP contribution in [0.3, 0.4) is 0 Å². The van der Waals surface area contributed by atoms with Crippen molar-refractivity contribution in [1.29, 1.82) is 0 Å². The Morgan fingerprint density at radius 1 is 1.53 bits per heavy atom. The monoisotopic (exact) mass is 213 g/mol. The van der Waals surface area contributed by atoms with Gasteiger partial charge in [0.2, 0.25) is 5.91 Å².